The summed E-state index contributed by atoms with van der Waals surface area (Å²) in [5.74, 6) is -3.58. The molecule has 8 nitrogen and oxygen atoms in total. The van der Waals surface area contributed by atoms with Crippen LogP contribution in [0, 0.1) is 11.6 Å². The number of amides is 4. The first-order valence-corrected chi connectivity index (χ1v) is 12.0. The van der Waals surface area contributed by atoms with E-state index >= 15 is 0 Å². The van der Waals surface area contributed by atoms with E-state index in [1.54, 1.807) is 30.3 Å². The first-order chi connectivity index (χ1) is 15.5. The first kappa shape index (κ1) is 22.8. The highest BCUT2D eigenvalue weighted by Gasteiger charge is 2.51. The molecule has 2 aliphatic heterocycles. The quantitative estimate of drug-likeness (QED) is 0.663. The van der Waals surface area contributed by atoms with Crippen LogP contribution in [0.15, 0.2) is 48.5 Å². The van der Waals surface area contributed by atoms with E-state index in [0.29, 0.717) is 10.6 Å². The summed E-state index contributed by atoms with van der Waals surface area (Å²) in [4.78, 5) is 40.9. The summed E-state index contributed by atoms with van der Waals surface area (Å²) in [6.45, 7) is 0.538. The van der Waals surface area contributed by atoms with Gasteiger partial charge in [-0.3, -0.25) is 14.5 Å². The minimum atomic E-state index is -3.33. The lowest BCUT2D eigenvalue weighted by atomic mass is 9.91. The highest BCUT2D eigenvalue weighted by Crippen LogP contribution is 2.32. The maximum atomic E-state index is 14.4. The Labute approximate surface area is 189 Å². The highest BCUT2D eigenvalue weighted by atomic mass is 32.2. The average Bonchev–Trinajstić information content (AvgIpc) is 3.22. The molecule has 11 heteroatoms. The second-order valence-corrected chi connectivity index (χ2v) is 10.5. The molecule has 0 spiro atoms. The van der Waals surface area contributed by atoms with Crippen molar-refractivity contribution < 1.29 is 31.6 Å². The third-order valence-electron chi connectivity index (χ3n) is 5.91. The molecule has 33 heavy (non-hydrogen) atoms. The van der Waals surface area contributed by atoms with Gasteiger partial charge in [0.25, 0.3) is 5.91 Å². The maximum Gasteiger partial charge on any atom is 0.325 e. The Morgan fingerprint density at radius 1 is 1.18 bits per heavy atom. The van der Waals surface area contributed by atoms with E-state index in [9.17, 15) is 31.6 Å². The van der Waals surface area contributed by atoms with Crippen LogP contribution in [-0.4, -0.2) is 55.3 Å². The van der Waals surface area contributed by atoms with Crippen molar-refractivity contribution in [2.45, 2.75) is 24.9 Å². The van der Waals surface area contributed by atoms with Crippen molar-refractivity contribution in [2.24, 2.45) is 0 Å². The summed E-state index contributed by atoms with van der Waals surface area (Å²) >= 11 is 0. The summed E-state index contributed by atoms with van der Waals surface area (Å²) in [7, 11) is -3.33. The standard InChI is InChI=1S/C22H21F2N3O5S/c1-22(17-11-14(23)7-8-18(17)24)20(29)26(21(30)25-22)12-19(28)27(15-5-3-2-4-6-15)16-9-10-33(31,32)13-16/h2-8,11,16H,9-10,12-13H2,1H3,(H,25,30)/t16-,22-/m0/s1. The fourth-order valence-electron chi connectivity index (χ4n) is 4.24. The molecule has 0 saturated carbocycles. The molecule has 2 fully saturated rings. The molecule has 0 bridgehead atoms. The molecule has 2 saturated heterocycles. The van der Waals surface area contributed by atoms with Crippen molar-refractivity contribution in [1.29, 1.82) is 0 Å². The molecule has 0 aliphatic carbocycles. The van der Waals surface area contributed by atoms with E-state index in [-0.39, 0.29) is 23.5 Å². The van der Waals surface area contributed by atoms with E-state index in [2.05, 4.69) is 5.32 Å². The highest BCUT2D eigenvalue weighted by molar-refractivity contribution is 7.91. The summed E-state index contributed by atoms with van der Waals surface area (Å²) in [6.07, 6.45) is 0.218. The zero-order chi connectivity index (χ0) is 24.0. The topological polar surface area (TPSA) is 104 Å². The third-order valence-corrected chi connectivity index (χ3v) is 7.66. The van der Waals surface area contributed by atoms with E-state index in [1.165, 1.54) is 11.8 Å². The van der Waals surface area contributed by atoms with Crippen LogP contribution in [0.25, 0.3) is 0 Å². The molecule has 4 rings (SSSR count). The number of nitrogens with zero attached hydrogens (tertiary/aromatic N) is 2. The van der Waals surface area contributed by atoms with Gasteiger partial charge in [-0.2, -0.15) is 0 Å². The number of urea groups is 1. The smallest absolute Gasteiger partial charge is 0.319 e. The molecule has 2 aromatic carbocycles. The van der Waals surface area contributed by atoms with Gasteiger partial charge in [0.2, 0.25) is 5.91 Å². The second kappa shape index (κ2) is 8.22. The van der Waals surface area contributed by atoms with Gasteiger partial charge in [0.1, 0.15) is 23.7 Å². The second-order valence-electron chi connectivity index (χ2n) is 8.23. The summed E-state index contributed by atoms with van der Waals surface area (Å²) in [5.41, 5.74) is -1.84. The molecular formula is C22H21F2N3O5S. The van der Waals surface area contributed by atoms with Gasteiger partial charge in [-0.15, -0.1) is 0 Å². The Morgan fingerprint density at radius 2 is 1.88 bits per heavy atom. The molecular weight excluding hydrogens is 456 g/mol. The van der Waals surface area contributed by atoms with Gasteiger partial charge in [0.05, 0.1) is 17.5 Å². The Bertz CT molecular complexity index is 1240. The normalized spacial score (nSPS) is 24.1. The number of hydrogen-bond acceptors (Lipinski definition) is 5. The number of nitrogens with one attached hydrogen (secondary N) is 1. The van der Waals surface area contributed by atoms with Crippen LogP contribution >= 0.6 is 0 Å². The van der Waals surface area contributed by atoms with Crippen molar-refractivity contribution in [3.8, 4) is 0 Å². The number of carbonyl (C=O) groups excluding carboxylic acids is 3. The number of sulfone groups is 1. The number of halogens is 2. The van der Waals surface area contributed by atoms with Crippen LogP contribution in [0.4, 0.5) is 19.3 Å². The van der Waals surface area contributed by atoms with Crippen LogP contribution in [0.3, 0.4) is 0 Å². The van der Waals surface area contributed by atoms with Gasteiger partial charge in [0.15, 0.2) is 9.84 Å². The van der Waals surface area contributed by atoms with Crippen LogP contribution < -0.4 is 10.2 Å². The molecule has 0 unspecified atom stereocenters. The van der Waals surface area contributed by atoms with Gasteiger partial charge in [-0.05, 0) is 43.7 Å². The molecule has 4 amide bonds. The zero-order valence-electron chi connectivity index (χ0n) is 17.6. The molecule has 2 aromatic rings. The Morgan fingerprint density at radius 3 is 2.52 bits per heavy atom. The summed E-state index contributed by atoms with van der Waals surface area (Å²) in [6, 6.07) is 9.30. The van der Waals surface area contributed by atoms with Crippen molar-refractivity contribution in [3.63, 3.8) is 0 Å². The fraction of sp³-hybridized carbons (Fsp3) is 0.318. The molecule has 0 aromatic heterocycles. The van der Waals surface area contributed by atoms with Crippen molar-refractivity contribution in [1.82, 2.24) is 10.2 Å². The van der Waals surface area contributed by atoms with Gasteiger partial charge >= 0.3 is 6.03 Å². The summed E-state index contributed by atoms with van der Waals surface area (Å²) in [5, 5.41) is 2.35. The van der Waals surface area contributed by atoms with Gasteiger partial charge < -0.3 is 10.2 Å². The van der Waals surface area contributed by atoms with E-state index in [4.69, 9.17) is 0 Å². The number of anilines is 1. The molecule has 2 heterocycles. The van der Waals surface area contributed by atoms with Gasteiger partial charge in [0, 0.05) is 11.3 Å². The molecule has 0 radical (unpaired) electrons. The molecule has 2 atom stereocenters. The number of benzene rings is 2. The van der Waals surface area contributed by atoms with Crippen LogP contribution in [0.5, 0.6) is 0 Å². The van der Waals surface area contributed by atoms with Crippen LogP contribution in [0.2, 0.25) is 0 Å². The SMILES string of the molecule is C[C@@]1(c2cc(F)ccc2F)NC(=O)N(CC(=O)N(c2ccccc2)[C@H]2CCS(=O)(=O)C2)C1=O. The van der Waals surface area contributed by atoms with E-state index < -0.39 is 57.4 Å². The lowest BCUT2D eigenvalue weighted by Crippen LogP contribution is -2.48. The van der Waals surface area contributed by atoms with E-state index in [1.807, 2.05) is 0 Å². The van der Waals surface area contributed by atoms with Crippen LogP contribution in [-0.2, 0) is 25.0 Å². The minimum Gasteiger partial charge on any atom is -0.319 e. The minimum absolute atomic E-state index is 0.0751. The number of imide groups is 1. The van der Waals surface area contributed by atoms with Gasteiger partial charge in [-0.1, -0.05) is 18.2 Å². The predicted octanol–water partition coefficient (Wildman–Crippen LogP) is 1.95. The molecule has 174 valence electrons. The lowest BCUT2D eigenvalue weighted by molar-refractivity contribution is -0.134. The van der Waals surface area contributed by atoms with Crippen molar-refractivity contribution in [3.05, 3.63) is 65.7 Å². The molecule has 1 N–H and O–H groups in total. The Balaban J connectivity index is 1.63. The lowest BCUT2D eigenvalue weighted by Gasteiger charge is -2.30. The van der Waals surface area contributed by atoms with Crippen molar-refractivity contribution in [2.75, 3.05) is 23.0 Å². The average molecular weight is 477 g/mol. The van der Waals surface area contributed by atoms with Crippen LogP contribution in [0.1, 0.15) is 18.9 Å². The largest absolute Gasteiger partial charge is 0.325 e. The first-order valence-electron chi connectivity index (χ1n) is 10.2. The summed E-state index contributed by atoms with van der Waals surface area (Å²) < 4.78 is 52.1. The Kier molecular flexibility index (Phi) is 5.69. The third kappa shape index (κ3) is 4.20. The number of para-hydroxylation sites is 1. The fourth-order valence-corrected chi connectivity index (χ4v) is 5.94. The number of hydrogen-bond donors (Lipinski definition) is 1. The van der Waals surface area contributed by atoms with E-state index in [0.717, 1.165) is 18.2 Å². The number of carbonyl (C=O) groups is 3. The van der Waals surface area contributed by atoms with Crippen molar-refractivity contribution >= 4 is 33.4 Å². The molecule has 2 aliphatic rings. The predicted molar refractivity (Wildman–Crippen MR) is 115 cm³/mol. The zero-order valence-corrected chi connectivity index (χ0v) is 18.4. The number of rotatable bonds is 5. The Hall–Kier alpha value is -3.34. The maximum absolute atomic E-state index is 14.4. The monoisotopic (exact) mass is 477 g/mol. The van der Waals surface area contributed by atoms with Gasteiger partial charge in [-0.25, -0.2) is 22.0 Å².